The van der Waals surface area contributed by atoms with E-state index in [-0.39, 0.29) is 12.1 Å². The van der Waals surface area contributed by atoms with Crippen LogP contribution >= 0.6 is 0 Å². The summed E-state index contributed by atoms with van der Waals surface area (Å²) in [6.07, 6.45) is 5.77. The summed E-state index contributed by atoms with van der Waals surface area (Å²) < 4.78 is 5.73. The second-order valence-electron chi connectivity index (χ2n) is 5.43. The van der Waals surface area contributed by atoms with E-state index in [1.54, 1.807) is 0 Å². The lowest BCUT2D eigenvalue weighted by atomic mass is 9.98. The molecule has 4 unspecified atom stereocenters. The van der Waals surface area contributed by atoms with Crippen LogP contribution in [-0.2, 0) is 4.74 Å². The lowest BCUT2D eigenvalue weighted by Gasteiger charge is -2.40. The molecule has 0 aromatic carbocycles. The Morgan fingerprint density at radius 3 is 2.94 bits per heavy atom. The van der Waals surface area contributed by atoms with Gasteiger partial charge in [0.2, 0.25) is 0 Å². The van der Waals surface area contributed by atoms with Gasteiger partial charge in [-0.15, -0.1) is 0 Å². The van der Waals surface area contributed by atoms with Crippen molar-refractivity contribution in [2.24, 2.45) is 11.7 Å². The quantitative estimate of drug-likeness (QED) is 0.794. The van der Waals surface area contributed by atoms with Crippen LogP contribution in [0.1, 0.15) is 39.5 Å². The molecule has 3 heteroatoms. The molecule has 0 amide bonds. The first-order valence-electron chi connectivity index (χ1n) is 6.83. The molecule has 1 aliphatic carbocycles. The molecular weight excluding hydrogens is 200 g/mol. The Hall–Kier alpha value is -0.120. The molecule has 2 aliphatic rings. The molecule has 1 saturated heterocycles. The summed E-state index contributed by atoms with van der Waals surface area (Å²) in [5.74, 6) is 0.909. The molecule has 1 aliphatic heterocycles. The summed E-state index contributed by atoms with van der Waals surface area (Å²) in [6.45, 7) is 7.38. The number of hydrogen-bond acceptors (Lipinski definition) is 3. The van der Waals surface area contributed by atoms with E-state index in [2.05, 4.69) is 18.7 Å². The molecule has 0 bridgehead atoms. The zero-order valence-electron chi connectivity index (χ0n) is 10.7. The minimum Gasteiger partial charge on any atom is -0.374 e. The van der Waals surface area contributed by atoms with Gasteiger partial charge in [-0.3, -0.25) is 4.90 Å². The first kappa shape index (κ1) is 12.3. The predicted octanol–water partition coefficient (Wildman–Crippen LogP) is 1.61. The predicted molar refractivity (Wildman–Crippen MR) is 66.4 cm³/mol. The maximum atomic E-state index is 5.94. The van der Waals surface area contributed by atoms with Crippen molar-refractivity contribution in [3.8, 4) is 0 Å². The average Bonchev–Trinajstić information content (AvgIpc) is 2.77. The number of rotatable bonds is 3. The van der Waals surface area contributed by atoms with E-state index < -0.39 is 0 Å². The largest absolute Gasteiger partial charge is 0.374 e. The molecule has 2 rings (SSSR count). The highest BCUT2D eigenvalue weighted by atomic mass is 16.5. The highest BCUT2D eigenvalue weighted by Gasteiger charge is 2.34. The van der Waals surface area contributed by atoms with E-state index in [9.17, 15) is 0 Å². The van der Waals surface area contributed by atoms with E-state index in [0.717, 1.165) is 31.7 Å². The van der Waals surface area contributed by atoms with Crippen LogP contribution in [0, 0.1) is 5.92 Å². The van der Waals surface area contributed by atoms with Crippen LogP contribution in [0.3, 0.4) is 0 Å². The SMILES string of the molecule is CCC1CCCC1N1CCOC(C(C)N)C1. The van der Waals surface area contributed by atoms with Gasteiger partial charge < -0.3 is 10.5 Å². The Kier molecular flexibility index (Phi) is 4.22. The summed E-state index contributed by atoms with van der Waals surface area (Å²) in [5.41, 5.74) is 5.94. The lowest BCUT2D eigenvalue weighted by Crippen LogP contribution is -2.53. The van der Waals surface area contributed by atoms with Gasteiger partial charge in [0.15, 0.2) is 0 Å². The molecule has 3 nitrogen and oxygen atoms in total. The number of nitrogens with two attached hydrogens (primary N) is 1. The zero-order valence-corrected chi connectivity index (χ0v) is 10.7. The van der Waals surface area contributed by atoms with Gasteiger partial charge >= 0.3 is 0 Å². The average molecular weight is 226 g/mol. The lowest BCUT2D eigenvalue weighted by molar-refractivity contribution is -0.0566. The van der Waals surface area contributed by atoms with Gasteiger partial charge in [0.05, 0.1) is 12.7 Å². The van der Waals surface area contributed by atoms with Crippen molar-refractivity contribution in [1.82, 2.24) is 4.90 Å². The fourth-order valence-electron chi connectivity index (χ4n) is 3.29. The van der Waals surface area contributed by atoms with Crippen LogP contribution in [0.2, 0.25) is 0 Å². The third-order valence-corrected chi connectivity index (χ3v) is 4.32. The Bertz CT molecular complexity index is 220. The molecule has 0 spiro atoms. The highest BCUT2D eigenvalue weighted by Crippen LogP contribution is 2.33. The molecule has 94 valence electrons. The van der Waals surface area contributed by atoms with Crippen molar-refractivity contribution in [2.75, 3.05) is 19.7 Å². The first-order chi connectivity index (χ1) is 7.72. The topological polar surface area (TPSA) is 38.5 Å². The van der Waals surface area contributed by atoms with Crippen LogP contribution in [0.25, 0.3) is 0 Å². The minimum absolute atomic E-state index is 0.157. The highest BCUT2D eigenvalue weighted by molar-refractivity contribution is 4.88. The van der Waals surface area contributed by atoms with Crippen molar-refractivity contribution >= 4 is 0 Å². The van der Waals surface area contributed by atoms with Crippen LogP contribution in [0.5, 0.6) is 0 Å². The smallest absolute Gasteiger partial charge is 0.0850 e. The van der Waals surface area contributed by atoms with Crippen molar-refractivity contribution in [3.63, 3.8) is 0 Å². The Morgan fingerprint density at radius 2 is 2.25 bits per heavy atom. The summed E-state index contributed by atoms with van der Waals surface area (Å²) in [6, 6.07) is 0.958. The van der Waals surface area contributed by atoms with Gasteiger partial charge in [-0.25, -0.2) is 0 Å². The van der Waals surface area contributed by atoms with E-state index in [0.29, 0.717) is 0 Å². The molecule has 4 atom stereocenters. The summed E-state index contributed by atoms with van der Waals surface area (Å²) in [7, 11) is 0. The van der Waals surface area contributed by atoms with Gasteiger partial charge in [-0.1, -0.05) is 19.8 Å². The van der Waals surface area contributed by atoms with Crippen LogP contribution < -0.4 is 5.73 Å². The molecule has 2 fully saturated rings. The second-order valence-corrected chi connectivity index (χ2v) is 5.43. The summed E-state index contributed by atoms with van der Waals surface area (Å²) in [5, 5.41) is 0. The summed E-state index contributed by atoms with van der Waals surface area (Å²) >= 11 is 0. The zero-order chi connectivity index (χ0) is 11.5. The number of ether oxygens (including phenoxy) is 1. The van der Waals surface area contributed by atoms with Crippen LogP contribution in [0.4, 0.5) is 0 Å². The molecule has 1 heterocycles. The van der Waals surface area contributed by atoms with Gasteiger partial charge in [-0.05, 0) is 25.7 Å². The molecule has 0 radical (unpaired) electrons. The Labute approximate surface area is 99.3 Å². The first-order valence-corrected chi connectivity index (χ1v) is 6.83. The van der Waals surface area contributed by atoms with Crippen LogP contribution in [0.15, 0.2) is 0 Å². The van der Waals surface area contributed by atoms with E-state index in [1.807, 2.05) is 0 Å². The molecule has 2 N–H and O–H groups in total. The summed E-state index contributed by atoms with van der Waals surface area (Å²) in [4.78, 5) is 2.64. The molecular formula is C13H26N2O. The van der Waals surface area contributed by atoms with Crippen molar-refractivity contribution in [1.29, 1.82) is 0 Å². The monoisotopic (exact) mass is 226 g/mol. The maximum absolute atomic E-state index is 5.94. The second kappa shape index (κ2) is 5.48. The van der Waals surface area contributed by atoms with Gasteiger partial charge in [0.1, 0.15) is 0 Å². The fourth-order valence-corrected chi connectivity index (χ4v) is 3.29. The maximum Gasteiger partial charge on any atom is 0.0850 e. The van der Waals surface area contributed by atoms with Gasteiger partial charge in [0, 0.05) is 25.2 Å². The minimum atomic E-state index is 0.157. The van der Waals surface area contributed by atoms with E-state index in [1.165, 1.54) is 25.7 Å². The standard InChI is InChI=1S/C13H26N2O/c1-3-11-5-4-6-12(11)15-7-8-16-13(9-15)10(2)14/h10-13H,3-9,14H2,1-2H3. The van der Waals surface area contributed by atoms with Gasteiger partial charge in [-0.2, -0.15) is 0 Å². The number of hydrogen-bond donors (Lipinski definition) is 1. The fraction of sp³-hybridized carbons (Fsp3) is 1.00. The van der Waals surface area contributed by atoms with Crippen molar-refractivity contribution in [2.45, 2.75) is 57.7 Å². The van der Waals surface area contributed by atoms with Crippen molar-refractivity contribution in [3.05, 3.63) is 0 Å². The van der Waals surface area contributed by atoms with Gasteiger partial charge in [0.25, 0.3) is 0 Å². The van der Waals surface area contributed by atoms with E-state index in [4.69, 9.17) is 10.5 Å². The number of nitrogens with zero attached hydrogens (tertiary/aromatic N) is 1. The van der Waals surface area contributed by atoms with Crippen molar-refractivity contribution < 1.29 is 4.74 Å². The third-order valence-electron chi connectivity index (χ3n) is 4.32. The molecule has 0 aromatic rings. The van der Waals surface area contributed by atoms with E-state index >= 15 is 0 Å². The normalized spacial score (nSPS) is 38.8. The van der Waals surface area contributed by atoms with Crippen LogP contribution in [-0.4, -0.2) is 42.8 Å². The Morgan fingerprint density at radius 1 is 1.44 bits per heavy atom. The molecule has 0 aromatic heterocycles. The Balaban J connectivity index is 1.93. The molecule has 16 heavy (non-hydrogen) atoms. The number of morpholine rings is 1. The third kappa shape index (κ3) is 2.58. The molecule has 1 saturated carbocycles.